The predicted octanol–water partition coefficient (Wildman–Crippen LogP) is 14.8. The fourth-order valence-corrected chi connectivity index (χ4v) is 7.21. The second kappa shape index (κ2) is 15.6. The monoisotopic (exact) mass is 652 g/mol. The highest BCUT2D eigenvalue weighted by Gasteiger charge is 2.22. The van der Waals surface area contributed by atoms with Crippen molar-refractivity contribution >= 4 is 55.9 Å². The Bertz CT molecular complexity index is 1740. The molecule has 0 amide bonds. The second-order valence-corrected chi connectivity index (χ2v) is 13.7. The summed E-state index contributed by atoms with van der Waals surface area (Å²) in [6.07, 6.45) is 16.9. The van der Waals surface area contributed by atoms with Crippen molar-refractivity contribution in [2.75, 3.05) is 0 Å². The summed E-state index contributed by atoms with van der Waals surface area (Å²) in [5.41, 5.74) is 6.54. The Labute approximate surface area is 284 Å². The molecule has 4 heteroatoms. The number of furan rings is 2. The maximum Gasteiger partial charge on any atom is 0.142 e. The number of fused-ring (bicyclic) bond motifs is 5. The molecule has 0 aliphatic carbocycles. The van der Waals surface area contributed by atoms with Crippen molar-refractivity contribution in [3.05, 3.63) is 94.4 Å². The van der Waals surface area contributed by atoms with Crippen molar-refractivity contribution < 1.29 is 8.83 Å². The summed E-state index contributed by atoms with van der Waals surface area (Å²) in [5.74, 6) is 2.12. The van der Waals surface area contributed by atoms with E-state index in [4.69, 9.17) is 32.0 Å². The molecule has 6 rings (SSSR count). The third-order valence-corrected chi connectivity index (χ3v) is 9.93. The summed E-state index contributed by atoms with van der Waals surface area (Å²) in [5, 5.41) is 5.97. The molecule has 0 spiro atoms. The largest absolute Gasteiger partial charge is 0.460 e. The summed E-state index contributed by atoms with van der Waals surface area (Å²) in [4.78, 5) is 0. The topological polar surface area (TPSA) is 26.3 Å². The molecule has 46 heavy (non-hydrogen) atoms. The van der Waals surface area contributed by atoms with E-state index >= 15 is 0 Å². The number of aryl methyl sites for hydroxylation is 2. The van der Waals surface area contributed by atoms with Crippen LogP contribution in [0.2, 0.25) is 10.0 Å². The number of hydrogen-bond donors (Lipinski definition) is 0. The van der Waals surface area contributed by atoms with Gasteiger partial charge in [-0.2, -0.15) is 0 Å². The van der Waals surface area contributed by atoms with Gasteiger partial charge in [-0.15, -0.1) is 0 Å². The first-order valence-electron chi connectivity index (χ1n) is 17.5. The lowest BCUT2D eigenvalue weighted by Crippen LogP contribution is -1.88. The average Bonchev–Trinajstić information content (AvgIpc) is 3.63. The third-order valence-electron chi connectivity index (χ3n) is 9.43. The van der Waals surface area contributed by atoms with Crippen molar-refractivity contribution in [3.8, 4) is 22.3 Å². The summed E-state index contributed by atoms with van der Waals surface area (Å²) in [6.45, 7) is 4.53. The van der Waals surface area contributed by atoms with Crippen molar-refractivity contribution in [1.29, 1.82) is 0 Å². The van der Waals surface area contributed by atoms with Gasteiger partial charge >= 0.3 is 0 Å². The molecule has 240 valence electrons. The molecule has 0 saturated carbocycles. The Balaban J connectivity index is 1.42. The molecule has 2 nitrogen and oxygen atoms in total. The van der Waals surface area contributed by atoms with Gasteiger partial charge in [-0.3, -0.25) is 0 Å². The first-order valence-corrected chi connectivity index (χ1v) is 18.3. The van der Waals surface area contributed by atoms with Crippen LogP contribution in [-0.2, 0) is 12.8 Å². The van der Waals surface area contributed by atoms with Gasteiger partial charge in [0.15, 0.2) is 0 Å². The van der Waals surface area contributed by atoms with Crippen LogP contribution in [0.1, 0.15) is 102 Å². The van der Waals surface area contributed by atoms with Gasteiger partial charge in [-0.05, 0) is 72.5 Å². The SMILES string of the molecule is CCCCCCCCc1oc2c(ccc3c2ccc2c(-c4ccc(Cl)cc4)c(CCCCCCCC)oc23)c1-c1ccc(Cl)cc1. The Morgan fingerprint density at radius 1 is 0.413 bits per heavy atom. The van der Waals surface area contributed by atoms with Crippen LogP contribution in [0.25, 0.3) is 55.0 Å². The van der Waals surface area contributed by atoms with Gasteiger partial charge in [0, 0.05) is 55.6 Å². The lowest BCUT2D eigenvalue weighted by atomic mass is 9.95. The normalized spacial score (nSPS) is 11.8. The maximum atomic E-state index is 6.83. The third kappa shape index (κ3) is 7.19. The standard InChI is InChI=1S/C42H46Cl2O2/c1-3-5-7-9-11-13-15-37-39(29-17-21-31(43)22-18-29)35-27-25-34-33(41(35)45-37)26-28-36-40(30-19-23-32(44)24-20-30)38(46-42(34)36)16-14-12-10-8-6-4-2/h17-28H,3-16H2,1-2H3. The van der Waals surface area contributed by atoms with Crippen molar-refractivity contribution in [1.82, 2.24) is 0 Å². The van der Waals surface area contributed by atoms with E-state index in [2.05, 4.69) is 62.4 Å². The van der Waals surface area contributed by atoms with E-state index in [1.807, 2.05) is 24.3 Å². The molecule has 0 radical (unpaired) electrons. The smallest absolute Gasteiger partial charge is 0.142 e. The van der Waals surface area contributed by atoms with E-state index in [-0.39, 0.29) is 0 Å². The minimum Gasteiger partial charge on any atom is -0.460 e. The summed E-state index contributed by atoms with van der Waals surface area (Å²) < 4.78 is 13.7. The van der Waals surface area contributed by atoms with Crippen LogP contribution in [-0.4, -0.2) is 0 Å². The molecule has 0 saturated heterocycles. The molecule has 2 heterocycles. The van der Waals surface area contributed by atoms with E-state index < -0.39 is 0 Å². The van der Waals surface area contributed by atoms with E-state index in [1.54, 1.807) is 0 Å². The highest BCUT2D eigenvalue weighted by Crippen LogP contribution is 2.44. The fraction of sp³-hybridized carbons (Fsp3) is 0.381. The number of rotatable bonds is 16. The van der Waals surface area contributed by atoms with Crippen molar-refractivity contribution in [3.63, 3.8) is 0 Å². The number of benzene rings is 4. The molecule has 0 fully saturated rings. The average molecular weight is 654 g/mol. The minimum absolute atomic E-state index is 0.743. The lowest BCUT2D eigenvalue weighted by Gasteiger charge is -2.05. The number of unbranched alkanes of at least 4 members (excludes halogenated alkanes) is 10. The lowest BCUT2D eigenvalue weighted by molar-refractivity contribution is 0.523. The maximum absolute atomic E-state index is 6.83. The highest BCUT2D eigenvalue weighted by atomic mass is 35.5. The van der Waals surface area contributed by atoms with Crippen LogP contribution in [0.5, 0.6) is 0 Å². The Kier molecular flexibility index (Phi) is 11.1. The Morgan fingerprint density at radius 2 is 0.761 bits per heavy atom. The van der Waals surface area contributed by atoms with Crippen LogP contribution in [0.4, 0.5) is 0 Å². The van der Waals surface area contributed by atoms with Gasteiger partial charge in [-0.25, -0.2) is 0 Å². The van der Waals surface area contributed by atoms with Gasteiger partial charge in [0.2, 0.25) is 0 Å². The van der Waals surface area contributed by atoms with E-state index in [9.17, 15) is 0 Å². The van der Waals surface area contributed by atoms with Crippen LogP contribution < -0.4 is 0 Å². The van der Waals surface area contributed by atoms with Crippen LogP contribution in [0.3, 0.4) is 0 Å². The van der Waals surface area contributed by atoms with Crippen LogP contribution in [0.15, 0.2) is 81.6 Å². The first-order chi connectivity index (χ1) is 22.6. The minimum atomic E-state index is 0.743. The summed E-state index contributed by atoms with van der Waals surface area (Å²) in [7, 11) is 0. The van der Waals surface area contributed by atoms with Gasteiger partial charge < -0.3 is 8.83 Å². The molecule has 6 aromatic rings. The first kappa shape index (κ1) is 32.7. The molecule has 2 aromatic heterocycles. The molecule has 0 atom stereocenters. The van der Waals surface area contributed by atoms with Crippen LogP contribution >= 0.6 is 23.2 Å². The van der Waals surface area contributed by atoms with Gasteiger partial charge in [-0.1, -0.05) is 126 Å². The zero-order chi connectivity index (χ0) is 31.9. The molecular formula is C42H46Cl2O2. The number of halogens is 2. The van der Waals surface area contributed by atoms with Gasteiger partial charge in [0.25, 0.3) is 0 Å². The molecule has 0 aliphatic heterocycles. The highest BCUT2D eigenvalue weighted by molar-refractivity contribution is 6.31. The zero-order valence-corrected chi connectivity index (χ0v) is 28.9. The van der Waals surface area contributed by atoms with Gasteiger partial charge in [0.1, 0.15) is 22.7 Å². The van der Waals surface area contributed by atoms with Crippen molar-refractivity contribution in [2.24, 2.45) is 0 Å². The van der Waals surface area contributed by atoms with Crippen molar-refractivity contribution in [2.45, 2.75) is 104 Å². The van der Waals surface area contributed by atoms with Crippen LogP contribution in [0, 0.1) is 0 Å². The Morgan fingerprint density at radius 3 is 1.15 bits per heavy atom. The summed E-state index contributed by atoms with van der Waals surface area (Å²) in [6, 6.07) is 25.3. The molecule has 4 aromatic carbocycles. The Hall–Kier alpha value is -3.20. The van der Waals surface area contributed by atoms with E-state index in [0.717, 1.165) is 91.1 Å². The quantitative estimate of drug-likeness (QED) is 0.0972. The summed E-state index contributed by atoms with van der Waals surface area (Å²) >= 11 is 12.6. The molecule has 0 unspecified atom stereocenters. The molecule has 0 bridgehead atoms. The second-order valence-electron chi connectivity index (χ2n) is 12.8. The zero-order valence-electron chi connectivity index (χ0n) is 27.4. The molecule has 0 aliphatic rings. The molecular weight excluding hydrogens is 607 g/mol. The van der Waals surface area contributed by atoms with E-state index in [1.165, 1.54) is 75.3 Å². The fourth-order valence-electron chi connectivity index (χ4n) is 6.96. The molecule has 0 N–H and O–H groups in total. The predicted molar refractivity (Wildman–Crippen MR) is 199 cm³/mol. The van der Waals surface area contributed by atoms with Gasteiger partial charge in [0.05, 0.1) is 0 Å². The number of hydrogen-bond acceptors (Lipinski definition) is 2. The van der Waals surface area contributed by atoms with E-state index in [0.29, 0.717) is 0 Å².